The number of rotatable bonds is 3. The Kier molecular flexibility index (Phi) is 2.38. The van der Waals surface area contributed by atoms with Crippen LogP contribution in [-0.2, 0) is 5.41 Å². The molecule has 0 amide bonds. The minimum Gasteiger partial charge on any atom is -0.319 e. The predicted molar refractivity (Wildman–Crippen MR) is 72.4 cm³/mol. The van der Waals surface area contributed by atoms with E-state index in [1.807, 2.05) is 0 Å². The van der Waals surface area contributed by atoms with Crippen molar-refractivity contribution in [3.05, 3.63) is 34.9 Å². The summed E-state index contributed by atoms with van der Waals surface area (Å²) in [5.74, 6) is 0. The number of hydrogen-bond acceptors (Lipinski definition) is 1. The van der Waals surface area contributed by atoms with Crippen molar-refractivity contribution in [1.29, 1.82) is 0 Å². The number of hydrogen-bond donors (Lipinski definition) is 1. The van der Waals surface area contributed by atoms with Crippen LogP contribution in [0.5, 0.6) is 0 Å². The van der Waals surface area contributed by atoms with E-state index in [1.54, 1.807) is 5.56 Å². The van der Waals surface area contributed by atoms with E-state index in [0.29, 0.717) is 5.41 Å². The molecule has 0 unspecified atom stereocenters. The summed E-state index contributed by atoms with van der Waals surface area (Å²) in [5.41, 5.74) is 5.61. The van der Waals surface area contributed by atoms with Gasteiger partial charge in [-0.1, -0.05) is 18.2 Å². The van der Waals surface area contributed by atoms with Gasteiger partial charge in [0.15, 0.2) is 0 Å². The minimum absolute atomic E-state index is 0.434. The minimum atomic E-state index is 0.434. The van der Waals surface area contributed by atoms with E-state index in [0.717, 1.165) is 12.0 Å². The number of benzene rings is 1. The summed E-state index contributed by atoms with van der Waals surface area (Å²) in [4.78, 5) is 0. The molecule has 0 aliphatic heterocycles. The summed E-state index contributed by atoms with van der Waals surface area (Å²) in [7, 11) is 2.08. The van der Waals surface area contributed by atoms with Gasteiger partial charge in [-0.2, -0.15) is 0 Å². The highest BCUT2D eigenvalue weighted by Crippen LogP contribution is 2.68. The van der Waals surface area contributed by atoms with Crippen molar-refractivity contribution < 1.29 is 0 Å². The quantitative estimate of drug-likeness (QED) is 0.838. The lowest BCUT2D eigenvalue weighted by atomic mass is 9.56. The topological polar surface area (TPSA) is 12.0 Å². The van der Waals surface area contributed by atoms with Crippen LogP contribution in [0.25, 0.3) is 0 Å². The lowest BCUT2D eigenvalue weighted by molar-refractivity contribution is 0.118. The van der Waals surface area contributed by atoms with Crippen LogP contribution in [0.4, 0.5) is 0 Å². The Bertz CT molecular complexity index is 435. The average molecular weight is 229 g/mol. The largest absolute Gasteiger partial charge is 0.319 e. The highest BCUT2D eigenvalue weighted by molar-refractivity contribution is 5.39. The summed E-state index contributed by atoms with van der Waals surface area (Å²) in [5, 5.41) is 3.41. The maximum absolute atomic E-state index is 3.41. The molecule has 0 bridgehead atoms. The van der Waals surface area contributed by atoms with Gasteiger partial charge in [0.2, 0.25) is 0 Å². The summed E-state index contributed by atoms with van der Waals surface area (Å²) < 4.78 is 0. The Morgan fingerprint density at radius 2 is 1.82 bits per heavy atom. The van der Waals surface area contributed by atoms with Gasteiger partial charge in [0.1, 0.15) is 0 Å². The molecule has 1 spiro atoms. The molecule has 0 radical (unpaired) electrons. The normalized spacial score (nSPS) is 23.5. The van der Waals surface area contributed by atoms with Crippen molar-refractivity contribution in [1.82, 2.24) is 5.32 Å². The molecule has 2 fully saturated rings. The molecule has 1 N–H and O–H groups in total. The molecular formula is C16H23N. The van der Waals surface area contributed by atoms with Crippen LogP contribution >= 0.6 is 0 Å². The molecule has 0 saturated heterocycles. The molecule has 0 heterocycles. The highest BCUT2D eigenvalue weighted by atomic mass is 14.9. The third-order valence-electron chi connectivity index (χ3n) is 5.02. The van der Waals surface area contributed by atoms with E-state index in [2.05, 4.69) is 44.4 Å². The van der Waals surface area contributed by atoms with Crippen LogP contribution in [0.15, 0.2) is 18.2 Å². The van der Waals surface area contributed by atoms with Gasteiger partial charge in [-0.25, -0.2) is 0 Å². The third kappa shape index (κ3) is 1.72. The van der Waals surface area contributed by atoms with Crippen LogP contribution in [0.3, 0.4) is 0 Å². The van der Waals surface area contributed by atoms with Gasteiger partial charge in [0.05, 0.1) is 0 Å². The van der Waals surface area contributed by atoms with E-state index >= 15 is 0 Å². The van der Waals surface area contributed by atoms with Crippen molar-refractivity contribution in [3.63, 3.8) is 0 Å². The van der Waals surface area contributed by atoms with Crippen molar-refractivity contribution in [2.45, 2.75) is 44.9 Å². The lowest BCUT2D eigenvalue weighted by Crippen LogP contribution is -2.49. The molecular weight excluding hydrogens is 206 g/mol. The van der Waals surface area contributed by atoms with Crippen LogP contribution in [0.1, 0.15) is 42.4 Å². The van der Waals surface area contributed by atoms with E-state index < -0.39 is 0 Å². The Morgan fingerprint density at radius 1 is 1.12 bits per heavy atom. The average Bonchev–Trinajstić information content (AvgIpc) is 3.01. The Hall–Kier alpha value is -0.820. The molecule has 92 valence electrons. The maximum atomic E-state index is 3.41. The van der Waals surface area contributed by atoms with Crippen LogP contribution in [0, 0.1) is 19.3 Å². The molecule has 1 aromatic carbocycles. The Labute approximate surface area is 105 Å². The fraction of sp³-hybridized carbons (Fsp3) is 0.625. The van der Waals surface area contributed by atoms with Crippen LogP contribution in [-0.4, -0.2) is 13.6 Å². The molecule has 2 saturated carbocycles. The highest BCUT2D eigenvalue weighted by Gasteiger charge is 2.60. The van der Waals surface area contributed by atoms with E-state index in [1.165, 1.54) is 36.8 Å². The fourth-order valence-corrected chi connectivity index (χ4v) is 3.76. The zero-order valence-electron chi connectivity index (χ0n) is 11.3. The van der Waals surface area contributed by atoms with E-state index in [4.69, 9.17) is 0 Å². The molecule has 3 rings (SSSR count). The van der Waals surface area contributed by atoms with Crippen LogP contribution in [0.2, 0.25) is 0 Å². The fourth-order valence-electron chi connectivity index (χ4n) is 3.76. The SMILES string of the molecule is CNCC1(c2ccc(C)c(C)c2)CC2(CC2)C1. The van der Waals surface area contributed by atoms with Gasteiger partial charge in [-0.3, -0.25) is 0 Å². The molecule has 1 aromatic rings. The molecule has 0 aromatic heterocycles. The first-order valence-electron chi connectivity index (χ1n) is 6.82. The zero-order valence-corrected chi connectivity index (χ0v) is 11.3. The first-order valence-corrected chi connectivity index (χ1v) is 6.82. The van der Waals surface area contributed by atoms with Gasteiger partial charge in [-0.15, -0.1) is 0 Å². The van der Waals surface area contributed by atoms with Crippen LogP contribution < -0.4 is 5.32 Å². The van der Waals surface area contributed by atoms with Crippen molar-refractivity contribution in [2.75, 3.05) is 13.6 Å². The second kappa shape index (κ2) is 3.58. The van der Waals surface area contributed by atoms with Crippen molar-refractivity contribution in [2.24, 2.45) is 5.41 Å². The Balaban J connectivity index is 1.90. The number of likely N-dealkylation sites (N-methyl/N-ethyl adjacent to an activating group) is 1. The number of nitrogens with one attached hydrogen (secondary N) is 1. The number of aryl methyl sites for hydroxylation is 2. The van der Waals surface area contributed by atoms with E-state index in [9.17, 15) is 0 Å². The molecule has 1 heteroatoms. The van der Waals surface area contributed by atoms with Gasteiger partial charge in [0, 0.05) is 12.0 Å². The maximum Gasteiger partial charge on any atom is 0.00883 e. The standard InChI is InChI=1S/C16H23N/c1-12-4-5-14(8-13(12)2)16(11-17-3)9-15(10-16)6-7-15/h4-5,8,17H,6-7,9-11H2,1-3H3. The molecule has 0 atom stereocenters. The lowest BCUT2D eigenvalue weighted by Gasteiger charge is -2.49. The predicted octanol–water partition coefficient (Wildman–Crippen LogP) is 3.33. The van der Waals surface area contributed by atoms with Crippen molar-refractivity contribution in [3.8, 4) is 0 Å². The second-order valence-corrected chi connectivity index (χ2v) is 6.46. The zero-order chi connectivity index (χ0) is 12.1. The van der Waals surface area contributed by atoms with Crippen molar-refractivity contribution >= 4 is 0 Å². The molecule has 2 aliphatic rings. The van der Waals surface area contributed by atoms with Gasteiger partial charge in [-0.05, 0) is 68.7 Å². The summed E-state index contributed by atoms with van der Waals surface area (Å²) >= 11 is 0. The summed E-state index contributed by atoms with van der Waals surface area (Å²) in [6.07, 6.45) is 5.76. The molecule has 17 heavy (non-hydrogen) atoms. The second-order valence-electron chi connectivity index (χ2n) is 6.46. The summed E-state index contributed by atoms with van der Waals surface area (Å²) in [6.45, 7) is 5.57. The summed E-state index contributed by atoms with van der Waals surface area (Å²) in [6, 6.07) is 7.07. The molecule has 1 nitrogen and oxygen atoms in total. The third-order valence-corrected chi connectivity index (χ3v) is 5.02. The Morgan fingerprint density at radius 3 is 2.35 bits per heavy atom. The van der Waals surface area contributed by atoms with Gasteiger partial charge >= 0.3 is 0 Å². The monoisotopic (exact) mass is 229 g/mol. The smallest absolute Gasteiger partial charge is 0.00883 e. The van der Waals surface area contributed by atoms with Gasteiger partial charge < -0.3 is 5.32 Å². The van der Waals surface area contributed by atoms with E-state index in [-0.39, 0.29) is 0 Å². The molecule has 2 aliphatic carbocycles. The first kappa shape index (κ1) is 11.3. The first-order chi connectivity index (χ1) is 8.09. The van der Waals surface area contributed by atoms with Gasteiger partial charge in [0.25, 0.3) is 0 Å².